The molecule has 0 aromatic rings. The minimum Gasteiger partial charge on any atom is -0.0125 e. The van der Waals surface area contributed by atoms with Gasteiger partial charge in [-0.3, -0.25) is 0 Å². The third-order valence-electron chi connectivity index (χ3n) is 0. The van der Waals surface area contributed by atoms with Crippen LogP contribution in [0.3, 0.4) is 0 Å². The molecule has 0 fully saturated rings. The van der Waals surface area contributed by atoms with E-state index in [-0.39, 0.29) is 28.3 Å². The molecule has 1 nitrogen and oxygen atoms in total. The zero-order valence-corrected chi connectivity index (χ0v) is 4.87. The van der Waals surface area contributed by atoms with E-state index < -0.39 is 0 Å². The Kier molecular flexibility index (Phi) is 164. The summed E-state index contributed by atoms with van der Waals surface area (Å²) in [5, 5.41) is 0. The van der Waals surface area contributed by atoms with Crippen LogP contribution >= 0.6 is 0 Å². The second kappa shape index (κ2) is 33.5. The van der Waals surface area contributed by atoms with Crippen molar-refractivity contribution >= 4 is 28.3 Å². The Morgan fingerprint density at radius 1 is 1.25 bits per heavy atom. The fourth-order valence-corrected chi connectivity index (χ4v) is 0. The average Bonchev–Trinajstić information content (AvgIpc) is 1.00. The van der Waals surface area contributed by atoms with Crippen LogP contribution in [0, 0.1) is 0 Å². The fraction of sp³-hybridized carbons (Fsp3) is 0. The molecule has 0 bridgehead atoms. The van der Waals surface area contributed by atoms with E-state index in [9.17, 15) is 0 Å². The molecular formula is H6AlFeOSi. The molecule has 0 aliphatic rings. The molecule has 0 amide bonds. The molecular weight excluding hydrogens is 127 g/mol. The van der Waals surface area contributed by atoms with E-state index in [1.165, 1.54) is 0 Å². The van der Waals surface area contributed by atoms with E-state index in [1.54, 1.807) is 0 Å². The molecule has 0 heterocycles. The van der Waals surface area contributed by atoms with Gasteiger partial charge in [0.2, 0.25) is 0 Å². The first-order valence-corrected chi connectivity index (χ1v) is 0.595. The molecule has 0 aromatic carbocycles. The van der Waals surface area contributed by atoms with Gasteiger partial charge in [-0.25, -0.2) is 0 Å². The molecule has 4 heavy (non-hydrogen) atoms. The van der Waals surface area contributed by atoms with Crippen molar-refractivity contribution in [1.29, 1.82) is 0 Å². The monoisotopic (exact) mass is 133 g/mol. The molecule has 0 spiro atoms. The maximum atomic E-state index is 8.00. The number of hydrogen-bond donors (Lipinski definition) is 0. The number of rotatable bonds is 0. The second-order valence-corrected chi connectivity index (χ2v) is 0. The van der Waals surface area contributed by atoms with Crippen LogP contribution in [0.25, 0.3) is 0 Å². The van der Waals surface area contributed by atoms with Crippen molar-refractivity contribution in [1.82, 2.24) is 0 Å². The van der Waals surface area contributed by atoms with E-state index in [2.05, 4.69) is 0 Å². The topological polar surface area (TPSA) is 17.1 Å². The van der Waals surface area contributed by atoms with Gasteiger partial charge in [-0.15, -0.1) is 0 Å². The van der Waals surface area contributed by atoms with Gasteiger partial charge in [-0.2, -0.15) is 0 Å². The summed E-state index contributed by atoms with van der Waals surface area (Å²) in [6.45, 7) is 0. The Labute approximate surface area is 48.3 Å². The van der Waals surface area contributed by atoms with Crippen LogP contribution in [0.5, 0.6) is 0 Å². The summed E-state index contributed by atoms with van der Waals surface area (Å²) < 4.78 is 8.00. The van der Waals surface area contributed by atoms with Gasteiger partial charge in [0.25, 0.3) is 0 Å². The van der Waals surface area contributed by atoms with Gasteiger partial charge in [0.1, 0.15) is 0 Å². The molecule has 4 heteroatoms. The molecule has 0 rings (SSSR count). The van der Waals surface area contributed by atoms with Crippen molar-refractivity contribution in [3.63, 3.8) is 0 Å². The van der Waals surface area contributed by atoms with Crippen LogP contribution in [0.1, 0.15) is 0 Å². The maximum absolute atomic E-state index is 8.00. The Morgan fingerprint density at radius 3 is 1.25 bits per heavy atom. The van der Waals surface area contributed by atoms with E-state index in [1.807, 2.05) is 15.9 Å². The largest absolute Gasteiger partial charge is 0.0125 e. The quantitative estimate of drug-likeness (QED) is 0.334. The van der Waals surface area contributed by atoms with Crippen molar-refractivity contribution in [2.45, 2.75) is 0 Å². The standard InChI is InChI=1S/Al.Fe.O.H3Si.3H/h;;;1H3;;;. The van der Waals surface area contributed by atoms with Crippen LogP contribution in [0.2, 0.25) is 0 Å². The molecule has 0 aromatic heterocycles. The summed E-state index contributed by atoms with van der Waals surface area (Å²) in [5.74, 6) is 0. The normalized spacial score (nSPS) is 1.25. The maximum Gasteiger partial charge on any atom is -0.0125 e. The predicted octanol–water partition coefficient (Wildman–Crippen LogP) is -2.49. The minimum absolute atomic E-state index is 0. The SMILES string of the molecule is [AlH3].[O]=[Fe].[SiH3]. The van der Waals surface area contributed by atoms with Crippen molar-refractivity contribution in [2.75, 3.05) is 0 Å². The van der Waals surface area contributed by atoms with Crippen molar-refractivity contribution in [3.8, 4) is 0 Å². The average molecular weight is 133 g/mol. The predicted molar refractivity (Wildman–Crippen MR) is 20.6 cm³/mol. The molecule has 0 saturated carbocycles. The molecule has 0 atom stereocenters. The Bertz CT molecular complexity index is 8.00. The van der Waals surface area contributed by atoms with Crippen molar-refractivity contribution in [3.05, 3.63) is 0 Å². The van der Waals surface area contributed by atoms with E-state index in [0.29, 0.717) is 0 Å². The van der Waals surface area contributed by atoms with Crippen LogP contribution in [-0.4, -0.2) is 28.3 Å². The first-order valence-electron chi connectivity index (χ1n) is 0.144. The van der Waals surface area contributed by atoms with Crippen LogP contribution in [-0.2, 0) is 19.8 Å². The molecule has 0 aliphatic carbocycles. The van der Waals surface area contributed by atoms with Gasteiger partial charge in [-0.05, 0) is 11.0 Å². The summed E-state index contributed by atoms with van der Waals surface area (Å²) in [6.07, 6.45) is 0. The molecule has 0 aliphatic heterocycles. The van der Waals surface area contributed by atoms with Crippen LogP contribution in [0.15, 0.2) is 0 Å². The van der Waals surface area contributed by atoms with Crippen LogP contribution < -0.4 is 0 Å². The Balaban J connectivity index is -0.00000000500. The van der Waals surface area contributed by atoms with E-state index >= 15 is 0 Å². The molecule has 0 unspecified atom stereocenters. The summed E-state index contributed by atoms with van der Waals surface area (Å²) in [6, 6.07) is 0. The van der Waals surface area contributed by atoms with Gasteiger partial charge in [-0.1, -0.05) is 0 Å². The Morgan fingerprint density at radius 2 is 1.25 bits per heavy atom. The first-order chi connectivity index (χ1) is 1.00. The molecule has 27 valence electrons. The minimum atomic E-state index is 0. The zero-order chi connectivity index (χ0) is 2.00. The summed E-state index contributed by atoms with van der Waals surface area (Å²) in [4.78, 5) is 0. The molecule has 1 radical (unpaired) electrons. The van der Waals surface area contributed by atoms with Gasteiger partial charge < -0.3 is 0 Å². The van der Waals surface area contributed by atoms with Gasteiger partial charge >= 0.3 is 19.8 Å². The molecule has 0 saturated heterocycles. The zero-order valence-electron chi connectivity index (χ0n) is 1.76. The van der Waals surface area contributed by atoms with Gasteiger partial charge in [0, 0.05) is 0 Å². The third kappa shape index (κ3) is 11.5. The second-order valence-electron chi connectivity index (χ2n) is 0. The smallest absolute Gasteiger partial charge is 0.0125 e. The van der Waals surface area contributed by atoms with Crippen molar-refractivity contribution in [2.24, 2.45) is 0 Å². The van der Waals surface area contributed by atoms with Gasteiger partial charge in [0.05, 0.1) is 0 Å². The molecule has 0 N–H and O–H groups in total. The van der Waals surface area contributed by atoms with Crippen molar-refractivity contribution < 1.29 is 19.8 Å². The first kappa shape index (κ1) is 19.6. The van der Waals surface area contributed by atoms with Crippen LogP contribution in [0.4, 0.5) is 0 Å². The summed E-state index contributed by atoms with van der Waals surface area (Å²) in [7, 11) is 0. The third-order valence-corrected chi connectivity index (χ3v) is 0. The van der Waals surface area contributed by atoms with Gasteiger partial charge in [0.15, 0.2) is 17.4 Å². The summed E-state index contributed by atoms with van der Waals surface area (Å²) in [5.41, 5.74) is 0. The van der Waals surface area contributed by atoms with E-state index in [4.69, 9.17) is 3.83 Å². The summed E-state index contributed by atoms with van der Waals surface area (Å²) >= 11 is 2.00. The number of hydrogen-bond acceptors (Lipinski definition) is 1. The van der Waals surface area contributed by atoms with E-state index in [0.717, 1.165) is 0 Å². The fourth-order valence-electron chi connectivity index (χ4n) is 0. The Hall–Kier alpha value is 1.07.